The summed E-state index contributed by atoms with van der Waals surface area (Å²) in [4.78, 5) is 0.491. The van der Waals surface area contributed by atoms with Crippen molar-refractivity contribution in [1.82, 2.24) is 10.2 Å². The Kier molecular flexibility index (Phi) is 2.51. The molecule has 1 atom stereocenters. The van der Waals surface area contributed by atoms with Gasteiger partial charge in [-0.3, -0.25) is 5.10 Å². The summed E-state index contributed by atoms with van der Waals surface area (Å²) >= 11 is 5.86. The Morgan fingerprint density at radius 1 is 1.50 bits per heavy atom. The maximum atomic E-state index is 11.2. The number of nitrogens with zero attached hydrogens (tertiary/aromatic N) is 1. The Morgan fingerprint density at radius 3 is 2.86 bits per heavy atom. The predicted molar refractivity (Wildman–Crippen MR) is 58.1 cm³/mol. The Hall–Kier alpha value is -0.580. The lowest BCUT2D eigenvalue weighted by Crippen LogP contribution is -1.86. The van der Waals surface area contributed by atoms with Crippen molar-refractivity contribution in [3.8, 4) is 0 Å². The van der Waals surface area contributed by atoms with Crippen LogP contribution in [0, 0.1) is 6.92 Å². The molecule has 2 rings (SSSR count). The van der Waals surface area contributed by atoms with Gasteiger partial charge in [0, 0.05) is 5.39 Å². The number of aryl methyl sites for hydroxylation is 1. The molecule has 0 amide bonds. The number of benzene rings is 1. The topological polar surface area (TPSA) is 45.8 Å². The van der Waals surface area contributed by atoms with Crippen LogP contribution < -0.4 is 0 Å². The van der Waals surface area contributed by atoms with E-state index in [1.54, 1.807) is 6.07 Å². The molecule has 3 nitrogen and oxygen atoms in total. The molecule has 74 valence electrons. The first-order valence-corrected chi connectivity index (χ1v) is 6.17. The molecule has 0 aliphatic rings. The quantitative estimate of drug-likeness (QED) is 0.790. The summed E-state index contributed by atoms with van der Waals surface area (Å²) < 4.78 is 11.2. The van der Waals surface area contributed by atoms with E-state index in [1.165, 1.54) is 0 Å². The first kappa shape index (κ1) is 9.96. The van der Waals surface area contributed by atoms with Crippen molar-refractivity contribution in [2.45, 2.75) is 11.8 Å². The standard InChI is InChI=1S/C8H6Cl2N2OS/c1-4-2-5-7(11-12-8(5)9)6(3-4)14(10)13/h2-3H,1H3,(H,11,12). The van der Waals surface area contributed by atoms with Crippen molar-refractivity contribution in [1.29, 1.82) is 0 Å². The van der Waals surface area contributed by atoms with E-state index in [4.69, 9.17) is 22.3 Å². The predicted octanol–water partition coefficient (Wildman–Crippen LogP) is 2.79. The van der Waals surface area contributed by atoms with Gasteiger partial charge in [-0.2, -0.15) is 5.10 Å². The number of hydrogen-bond donors (Lipinski definition) is 1. The molecule has 6 heteroatoms. The van der Waals surface area contributed by atoms with Gasteiger partial charge in [-0.05, 0) is 35.3 Å². The van der Waals surface area contributed by atoms with E-state index in [0.29, 0.717) is 15.6 Å². The lowest BCUT2D eigenvalue weighted by Gasteiger charge is -1.98. The van der Waals surface area contributed by atoms with Gasteiger partial charge in [0.25, 0.3) is 0 Å². The van der Waals surface area contributed by atoms with Crippen LogP contribution in [0.4, 0.5) is 0 Å². The summed E-state index contributed by atoms with van der Waals surface area (Å²) in [6.07, 6.45) is 0. The lowest BCUT2D eigenvalue weighted by molar-refractivity contribution is 0.691. The number of halogens is 2. The van der Waals surface area contributed by atoms with Gasteiger partial charge in [0.15, 0.2) is 0 Å². The highest BCUT2D eigenvalue weighted by Crippen LogP contribution is 2.27. The van der Waals surface area contributed by atoms with Crippen molar-refractivity contribution in [2.24, 2.45) is 0 Å². The molecule has 1 aromatic heterocycles. The summed E-state index contributed by atoms with van der Waals surface area (Å²) in [5.74, 6) is 0. The molecule has 0 saturated heterocycles. The van der Waals surface area contributed by atoms with Crippen LogP contribution in [-0.2, 0) is 10.0 Å². The second-order valence-electron chi connectivity index (χ2n) is 2.92. The molecular formula is C8H6Cl2N2OS. The summed E-state index contributed by atoms with van der Waals surface area (Å²) in [6, 6.07) is 3.61. The minimum Gasteiger partial charge on any atom is -0.266 e. The Morgan fingerprint density at radius 2 is 2.21 bits per heavy atom. The minimum atomic E-state index is -1.57. The third-order valence-corrected chi connectivity index (χ3v) is 3.34. The van der Waals surface area contributed by atoms with E-state index in [1.807, 2.05) is 13.0 Å². The fourth-order valence-electron chi connectivity index (χ4n) is 1.32. The summed E-state index contributed by atoms with van der Waals surface area (Å²) in [5, 5.41) is 7.75. The van der Waals surface area contributed by atoms with Crippen LogP contribution in [0.25, 0.3) is 10.9 Å². The van der Waals surface area contributed by atoms with Crippen molar-refractivity contribution in [3.05, 3.63) is 22.8 Å². The molecule has 0 aliphatic carbocycles. The van der Waals surface area contributed by atoms with Gasteiger partial charge < -0.3 is 0 Å². The second-order valence-corrected chi connectivity index (χ2v) is 5.03. The molecule has 0 saturated carbocycles. The molecule has 14 heavy (non-hydrogen) atoms. The minimum absolute atomic E-state index is 0.437. The van der Waals surface area contributed by atoms with Gasteiger partial charge in [0.1, 0.15) is 20.7 Å². The summed E-state index contributed by atoms with van der Waals surface area (Å²) in [6.45, 7) is 1.88. The normalized spacial score (nSPS) is 13.4. The van der Waals surface area contributed by atoms with Gasteiger partial charge in [-0.15, -0.1) is 0 Å². The maximum Gasteiger partial charge on any atom is 0.149 e. The lowest BCUT2D eigenvalue weighted by atomic mass is 10.2. The first-order valence-electron chi connectivity index (χ1n) is 3.82. The first-order chi connectivity index (χ1) is 6.59. The van der Waals surface area contributed by atoms with Gasteiger partial charge in [0.2, 0.25) is 0 Å². The van der Waals surface area contributed by atoms with E-state index < -0.39 is 10.0 Å². The van der Waals surface area contributed by atoms with Crippen LogP contribution in [0.5, 0.6) is 0 Å². The zero-order valence-corrected chi connectivity index (χ0v) is 9.50. The molecule has 1 N–H and O–H groups in total. The summed E-state index contributed by atoms with van der Waals surface area (Å²) in [7, 11) is 3.97. The van der Waals surface area contributed by atoms with Crippen molar-refractivity contribution >= 4 is 43.2 Å². The molecule has 0 bridgehead atoms. The number of rotatable bonds is 1. The highest BCUT2D eigenvalue weighted by Gasteiger charge is 2.12. The van der Waals surface area contributed by atoms with Crippen LogP contribution in [0.3, 0.4) is 0 Å². The Bertz CT molecular complexity index is 523. The smallest absolute Gasteiger partial charge is 0.149 e. The average molecular weight is 249 g/mol. The Balaban J connectivity index is 2.88. The monoisotopic (exact) mass is 248 g/mol. The third-order valence-electron chi connectivity index (χ3n) is 1.89. The number of aromatic nitrogens is 2. The fourth-order valence-corrected chi connectivity index (χ4v) is 2.44. The largest absolute Gasteiger partial charge is 0.266 e. The molecule has 1 unspecified atom stereocenters. The fraction of sp³-hybridized carbons (Fsp3) is 0.125. The number of nitrogens with one attached hydrogen (secondary N) is 1. The molecule has 0 fully saturated rings. The number of H-pyrrole nitrogens is 1. The number of hydrogen-bond acceptors (Lipinski definition) is 2. The SMILES string of the molecule is Cc1cc(S(=O)Cl)c2n[nH]c(Cl)c2c1. The summed E-state index contributed by atoms with van der Waals surface area (Å²) in [5.41, 5.74) is 1.51. The molecule has 0 aliphatic heterocycles. The van der Waals surface area contributed by atoms with Gasteiger partial charge >= 0.3 is 0 Å². The van der Waals surface area contributed by atoms with Gasteiger partial charge in [0.05, 0.1) is 4.90 Å². The molecule has 1 aromatic carbocycles. The van der Waals surface area contributed by atoms with Crippen LogP contribution in [0.15, 0.2) is 17.0 Å². The van der Waals surface area contributed by atoms with Crippen LogP contribution in [0.1, 0.15) is 5.56 Å². The highest BCUT2D eigenvalue weighted by atomic mass is 35.7. The van der Waals surface area contributed by atoms with Gasteiger partial charge in [-0.25, -0.2) is 4.21 Å². The van der Waals surface area contributed by atoms with Crippen LogP contribution in [-0.4, -0.2) is 14.4 Å². The number of aromatic amines is 1. The molecular weight excluding hydrogens is 243 g/mol. The van der Waals surface area contributed by atoms with E-state index in [9.17, 15) is 4.21 Å². The zero-order chi connectivity index (χ0) is 10.3. The highest BCUT2D eigenvalue weighted by molar-refractivity contribution is 8.08. The van der Waals surface area contributed by atoms with Crippen molar-refractivity contribution in [2.75, 3.05) is 0 Å². The zero-order valence-electron chi connectivity index (χ0n) is 7.17. The van der Waals surface area contributed by atoms with E-state index in [2.05, 4.69) is 10.2 Å². The molecule has 0 spiro atoms. The average Bonchev–Trinajstić information content (AvgIpc) is 2.47. The maximum absolute atomic E-state index is 11.2. The van der Waals surface area contributed by atoms with E-state index in [-0.39, 0.29) is 0 Å². The van der Waals surface area contributed by atoms with E-state index in [0.717, 1.165) is 10.9 Å². The van der Waals surface area contributed by atoms with Gasteiger partial charge in [-0.1, -0.05) is 11.6 Å². The van der Waals surface area contributed by atoms with Crippen molar-refractivity contribution in [3.63, 3.8) is 0 Å². The van der Waals surface area contributed by atoms with E-state index >= 15 is 0 Å². The van der Waals surface area contributed by atoms with Crippen LogP contribution in [0.2, 0.25) is 5.15 Å². The van der Waals surface area contributed by atoms with Crippen LogP contribution >= 0.6 is 22.3 Å². The van der Waals surface area contributed by atoms with Crippen molar-refractivity contribution < 1.29 is 4.21 Å². The second kappa shape index (κ2) is 3.53. The molecule has 1 heterocycles. The Labute approximate surface area is 92.4 Å². The molecule has 2 aromatic rings. The third kappa shape index (κ3) is 1.54. The number of fused-ring (bicyclic) bond motifs is 1. The molecule has 0 radical (unpaired) electrons.